The highest BCUT2D eigenvalue weighted by Crippen LogP contribution is 2.36. The number of piperazine rings is 1. The molecule has 1 fully saturated rings. The maximum atomic E-state index is 13.0. The van der Waals surface area contributed by atoms with Gasteiger partial charge in [-0.25, -0.2) is 9.97 Å². The summed E-state index contributed by atoms with van der Waals surface area (Å²) >= 11 is 1.70. The predicted molar refractivity (Wildman–Crippen MR) is 123 cm³/mol. The zero-order chi connectivity index (χ0) is 21.5. The summed E-state index contributed by atoms with van der Waals surface area (Å²) in [5.74, 6) is 2.17. The Hall–Kier alpha value is -2.76. The molecule has 2 unspecified atom stereocenters. The molecule has 1 aliphatic heterocycles. The van der Waals surface area contributed by atoms with Crippen LogP contribution < -0.4 is 10.5 Å². The van der Waals surface area contributed by atoms with Crippen LogP contribution in [0.1, 0.15) is 48.1 Å². The fourth-order valence-corrected chi connectivity index (χ4v) is 6.18. The number of rotatable bonds is 3. The van der Waals surface area contributed by atoms with Gasteiger partial charge in [-0.15, -0.1) is 11.3 Å². The number of nitrogens with zero attached hydrogens (tertiary/aromatic N) is 5. The molecule has 0 amide bonds. The molecule has 5 rings (SSSR count). The first kappa shape index (κ1) is 20.2. The van der Waals surface area contributed by atoms with E-state index in [0.29, 0.717) is 11.5 Å². The van der Waals surface area contributed by atoms with E-state index in [-0.39, 0.29) is 11.6 Å². The Morgan fingerprint density at radius 1 is 1.32 bits per heavy atom. The number of nitriles is 1. The maximum absolute atomic E-state index is 13.0. The topological polar surface area (TPSA) is 88.9 Å². The standard InChI is InChI=1S/C23H26N6OS/c1-14-5-6-17-18(12-14)31-23-19(17)22(30)26-20(27-23)15(2)28-8-10-29(11-9-28)21-16(13-24)4-3-7-25-21/h3-4,7,14-15H,5-6,8-12H2,1-2H3,(H,26,27,30). The summed E-state index contributed by atoms with van der Waals surface area (Å²) in [6.07, 6.45) is 4.91. The second-order valence-electron chi connectivity index (χ2n) is 8.67. The van der Waals surface area contributed by atoms with E-state index >= 15 is 0 Å². The SMILES string of the molecule is CC1CCc2c(sc3nc(C(C)N4CCN(c5ncccc5C#N)CC4)[nH]c(=O)c23)C1. The summed E-state index contributed by atoms with van der Waals surface area (Å²) in [5, 5.41) is 10.2. The number of aromatic nitrogens is 3. The zero-order valence-electron chi connectivity index (χ0n) is 17.9. The van der Waals surface area contributed by atoms with E-state index in [1.165, 1.54) is 10.4 Å². The van der Waals surface area contributed by atoms with Gasteiger partial charge in [0.2, 0.25) is 0 Å². The highest BCUT2D eigenvalue weighted by molar-refractivity contribution is 7.18. The minimum atomic E-state index is 0.00434. The van der Waals surface area contributed by atoms with Crippen molar-refractivity contribution in [3.63, 3.8) is 0 Å². The van der Waals surface area contributed by atoms with Crippen LogP contribution >= 0.6 is 11.3 Å². The first-order valence-corrected chi connectivity index (χ1v) is 11.8. The lowest BCUT2D eigenvalue weighted by molar-refractivity contribution is 0.191. The lowest BCUT2D eigenvalue weighted by atomic mass is 9.89. The molecule has 0 saturated carbocycles. The zero-order valence-corrected chi connectivity index (χ0v) is 18.7. The molecule has 0 bridgehead atoms. The van der Waals surface area contributed by atoms with E-state index in [9.17, 15) is 10.1 Å². The van der Waals surface area contributed by atoms with Gasteiger partial charge in [-0.05, 0) is 49.8 Å². The van der Waals surface area contributed by atoms with Crippen LogP contribution in [-0.4, -0.2) is 46.0 Å². The van der Waals surface area contributed by atoms with Gasteiger partial charge in [0, 0.05) is 37.3 Å². The number of hydrogen-bond acceptors (Lipinski definition) is 7. The van der Waals surface area contributed by atoms with Crippen molar-refractivity contribution < 1.29 is 0 Å². The van der Waals surface area contributed by atoms with Crippen molar-refractivity contribution in [2.75, 3.05) is 31.1 Å². The van der Waals surface area contributed by atoms with E-state index in [1.54, 1.807) is 23.6 Å². The Bertz CT molecular complexity index is 1220. The Kier molecular flexibility index (Phi) is 5.24. The molecular weight excluding hydrogens is 408 g/mol. The average molecular weight is 435 g/mol. The molecule has 0 radical (unpaired) electrons. The van der Waals surface area contributed by atoms with Crippen LogP contribution in [0.4, 0.5) is 5.82 Å². The first-order chi connectivity index (χ1) is 15.0. The molecule has 1 N–H and O–H groups in total. The van der Waals surface area contributed by atoms with Crippen LogP contribution in [-0.2, 0) is 12.8 Å². The lowest BCUT2D eigenvalue weighted by Gasteiger charge is -2.38. The number of thiophene rings is 1. The fraction of sp³-hybridized carbons (Fsp3) is 0.478. The molecule has 2 atom stereocenters. The number of hydrogen-bond donors (Lipinski definition) is 1. The van der Waals surface area contributed by atoms with Crippen LogP contribution in [0.2, 0.25) is 0 Å². The maximum Gasteiger partial charge on any atom is 0.259 e. The van der Waals surface area contributed by atoms with Gasteiger partial charge in [0.15, 0.2) is 0 Å². The minimum absolute atomic E-state index is 0.00434. The minimum Gasteiger partial charge on any atom is -0.353 e. The lowest BCUT2D eigenvalue weighted by Crippen LogP contribution is -2.48. The summed E-state index contributed by atoms with van der Waals surface area (Å²) in [7, 11) is 0. The van der Waals surface area contributed by atoms with Crippen LogP contribution in [0.3, 0.4) is 0 Å². The molecule has 160 valence electrons. The van der Waals surface area contributed by atoms with Crippen molar-refractivity contribution in [2.45, 2.75) is 39.2 Å². The molecule has 3 aromatic heterocycles. The highest BCUT2D eigenvalue weighted by Gasteiger charge is 2.27. The van der Waals surface area contributed by atoms with E-state index in [2.05, 4.69) is 39.7 Å². The van der Waals surface area contributed by atoms with Gasteiger partial charge in [-0.1, -0.05) is 6.92 Å². The fourth-order valence-electron chi connectivity index (χ4n) is 4.79. The summed E-state index contributed by atoms with van der Waals surface area (Å²) in [6.45, 7) is 7.60. The van der Waals surface area contributed by atoms with Crippen LogP contribution in [0.5, 0.6) is 0 Å². The van der Waals surface area contributed by atoms with E-state index in [4.69, 9.17) is 4.98 Å². The number of nitrogens with one attached hydrogen (secondary N) is 1. The van der Waals surface area contributed by atoms with Crippen molar-refractivity contribution in [3.05, 3.63) is 50.5 Å². The van der Waals surface area contributed by atoms with Gasteiger partial charge in [-0.3, -0.25) is 9.69 Å². The van der Waals surface area contributed by atoms with Gasteiger partial charge in [0.25, 0.3) is 5.56 Å². The molecule has 1 aliphatic carbocycles. The third-order valence-corrected chi connectivity index (χ3v) is 7.80. The number of pyridine rings is 1. The number of fused-ring (bicyclic) bond motifs is 3. The van der Waals surface area contributed by atoms with Gasteiger partial charge in [0.1, 0.15) is 22.5 Å². The summed E-state index contributed by atoms with van der Waals surface area (Å²) in [4.78, 5) is 32.1. The molecule has 3 aromatic rings. The molecule has 1 saturated heterocycles. The summed E-state index contributed by atoms with van der Waals surface area (Å²) < 4.78 is 0. The number of H-pyrrole nitrogens is 1. The smallest absolute Gasteiger partial charge is 0.259 e. The summed E-state index contributed by atoms with van der Waals surface area (Å²) in [5.41, 5.74) is 1.84. The third kappa shape index (κ3) is 3.62. The third-order valence-electron chi connectivity index (χ3n) is 6.65. The second kappa shape index (κ2) is 8.06. The Labute approximate surface area is 185 Å². The van der Waals surface area contributed by atoms with E-state index < -0.39 is 0 Å². The molecule has 0 aromatic carbocycles. The van der Waals surface area contributed by atoms with Crippen molar-refractivity contribution in [1.29, 1.82) is 5.26 Å². The highest BCUT2D eigenvalue weighted by atomic mass is 32.1. The van der Waals surface area contributed by atoms with Crippen molar-refractivity contribution >= 4 is 27.4 Å². The largest absolute Gasteiger partial charge is 0.353 e. The molecule has 7 nitrogen and oxygen atoms in total. The normalized spacial score (nSPS) is 20.4. The Morgan fingerprint density at radius 2 is 2.13 bits per heavy atom. The Balaban J connectivity index is 1.36. The van der Waals surface area contributed by atoms with E-state index in [0.717, 1.165) is 67.3 Å². The number of aryl methyl sites for hydroxylation is 1. The van der Waals surface area contributed by atoms with Crippen LogP contribution in [0.25, 0.3) is 10.2 Å². The molecule has 2 aliphatic rings. The van der Waals surface area contributed by atoms with Crippen molar-refractivity contribution in [2.24, 2.45) is 5.92 Å². The van der Waals surface area contributed by atoms with Gasteiger partial charge >= 0.3 is 0 Å². The molecule has 8 heteroatoms. The first-order valence-electron chi connectivity index (χ1n) is 10.9. The van der Waals surface area contributed by atoms with Gasteiger partial charge in [0.05, 0.1) is 17.0 Å². The molecule has 4 heterocycles. The number of anilines is 1. The summed E-state index contributed by atoms with van der Waals surface area (Å²) in [6, 6.07) is 5.86. The Morgan fingerprint density at radius 3 is 2.90 bits per heavy atom. The second-order valence-corrected chi connectivity index (χ2v) is 9.75. The van der Waals surface area contributed by atoms with Crippen LogP contribution in [0, 0.1) is 17.2 Å². The quantitative estimate of drug-likeness (QED) is 0.681. The monoisotopic (exact) mass is 434 g/mol. The molecular formula is C23H26N6OS. The van der Waals surface area contributed by atoms with Gasteiger partial charge in [-0.2, -0.15) is 5.26 Å². The van der Waals surface area contributed by atoms with Crippen LogP contribution in [0.15, 0.2) is 23.1 Å². The molecule has 31 heavy (non-hydrogen) atoms. The van der Waals surface area contributed by atoms with Gasteiger partial charge < -0.3 is 9.88 Å². The predicted octanol–water partition coefficient (Wildman–Crippen LogP) is 3.26. The van der Waals surface area contributed by atoms with Crippen molar-refractivity contribution in [3.8, 4) is 6.07 Å². The number of aromatic amines is 1. The van der Waals surface area contributed by atoms with E-state index in [1.807, 2.05) is 6.07 Å². The van der Waals surface area contributed by atoms with Crippen molar-refractivity contribution in [1.82, 2.24) is 19.9 Å². The average Bonchev–Trinajstić information content (AvgIpc) is 3.16. The molecule has 0 spiro atoms.